The summed E-state index contributed by atoms with van der Waals surface area (Å²) in [6.45, 7) is -0.233. The number of aromatic nitrogens is 2. The maximum atomic E-state index is 9.23. The van der Waals surface area contributed by atoms with Crippen LogP contribution in [-0.2, 0) is 0 Å². The van der Waals surface area contributed by atoms with Gasteiger partial charge in [-0.1, -0.05) is 0 Å². The second-order valence-corrected chi connectivity index (χ2v) is 4.95. The zero-order chi connectivity index (χ0) is 11.5. The predicted molar refractivity (Wildman–Crippen MR) is 62.2 cm³/mol. The normalized spacial score (nSPS) is 17.4. The highest BCUT2D eigenvalue weighted by Crippen LogP contribution is 2.38. The highest BCUT2D eigenvalue weighted by Gasteiger charge is 2.27. The van der Waals surface area contributed by atoms with Crippen LogP contribution in [0.3, 0.4) is 0 Å². The second-order valence-electron chi connectivity index (χ2n) is 3.91. The van der Waals surface area contributed by atoms with Crippen LogP contribution >= 0.6 is 11.8 Å². The highest BCUT2D eigenvalue weighted by molar-refractivity contribution is 7.99. The van der Waals surface area contributed by atoms with Crippen molar-refractivity contribution in [1.82, 2.24) is 9.97 Å². The lowest BCUT2D eigenvalue weighted by Crippen LogP contribution is -2.14. The van der Waals surface area contributed by atoms with Crippen molar-refractivity contribution in [2.75, 3.05) is 18.1 Å². The Morgan fingerprint density at radius 1 is 1.50 bits per heavy atom. The monoisotopic (exact) mass is 241 g/mol. The molecule has 0 spiro atoms. The highest BCUT2D eigenvalue weighted by atomic mass is 32.2. The van der Waals surface area contributed by atoms with Crippen LogP contribution in [0.1, 0.15) is 24.6 Å². The Morgan fingerprint density at radius 2 is 2.25 bits per heavy atom. The number of rotatable bonds is 5. The first-order valence-corrected chi connectivity index (χ1v) is 6.23. The van der Waals surface area contributed by atoms with Crippen LogP contribution in [0, 0.1) is 0 Å². The van der Waals surface area contributed by atoms with Crippen molar-refractivity contribution in [3.8, 4) is 0 Å². The third-order valence-corrected chi connectivity index (χ3v) is 3.37. The van der Waals surface area contributed by atoms with E-state index in [1.807, 2.05) is 0 Å². The molecule has 2 rings (SSSR count). The molecular weight excluding hydrogens is 226 g/mol. The molecular formula is C10H15N3O2S. The van der Waals surface area contributed by atoms with E-state index >= 15 is 0 Å². The zero-order valence-corrected chi connectivity index (χ0v) is 9.65. The Morgan fingerprint density at radius 3 is 2.88 bits per heavy atom. The number of aliphatic hydroxyl groups is 2. The minimum Gasteiger partial charge on any atom is -0.394 e. The fourth-order valence-corrected chi connectivity index (χ4v) is 2.12. The van der Waals surface area contributed by atoms with Crippen LogP contribution in [0.4, 0.5) is 5.82 Å². The minimum atomic E-state index is -0.717. The summed E-state index contributed by atoms with van der Waals surface area (Å²) < 4.78 is 0. The van der Waals surface area contributed by atoms with Crippen LogP contribution in [0.15, 0.2) is 11.1 Å². The van der Waals surface area contributed by atoms with E-state index in [1.165, 1.54) is 11.8 Å². The summed E-state index contributed by atoms with van der Waals surface area (Å²) in [5, 5.41) is 18.7. The van der Waals surface area contributed by atoms with Gasteiger partial charge in [-0.2, -0.15) is 0 Å². The molecule has 0 bridgehead atoms. The molecule has 6 heteroatoms. The van der Waals surface area contributed by atoms with Crippen molar-refractivity contribution in [2.45, 2.75) is 29.9 Å². The van der Waals surface area contributed by atoms with Gasteiger partial charge < -0.3 is 15.9 Å². The topological polar surface area (TPSA) is 92.3 Å². The maximum Gasteiger partial charge on any atom is 0.135 e. The van der Waals surface area contributed by atoms with E-state index < -0.39 is 6.10 Å². The van der Waals surface area contributed by atoms with E-state index in [4.69, 9.17) is 10.8 Å². The first kappa shape index (κ1) is 11.6. The molecule has 1 atom stereocenters. The second kappa shape index (κ2) is 4.99. The first-order chi connectivity index (χ1) is 7.69. The van der Waals surface area contributed by atoms with Gasteiger partial charge in [0.1, 0.15) is 16.7 Å². The molecule has 0 aliphatic heterocycles. The largest absolute Gasteiger partial charge is 0.394 e. The van der Waals surface area contributed by atoms with E-state index in [9.17, 15) is 5.11 Å². The molecule has 1 aliphatic carbocycles. The summed E-state index contributed by atoms with van der Waals surface area (Å²) in [5.74, 6) is 2.15. The van der Waals surface area contributed by atoms with Crippen molar-refractivity contribution < 1.29 is 10.2 Å². The van der Waals surface area contributed by atoms with Gasteiger partial charge in [0.15, 0.2) is 0 Å². The molecule has 0 amide bonds. The van der Waals surface area contributed by atoms with Gasteiger partial charge in [-0.25, -0.2) is 9.97 Å². The average Bonchev–Trinajstić information content (AvgIpc) is 3.09. The number of anilines is 1. The summed E-state index contributed by atoms with van der Waals surface area (Å²) in [6, 6.07) is 1.70. The van der Waals surface area contributed by atoms with Crippen LogP contribution in [0.5, 0.6) is 0 Å². The Kier molecular flexibility index (Phi) is 3.63. The van der Waals surface area contributed by atoms with Crippen molar-refractivity contribution in [3.63, 3.8) is 0 Å². The molecule has 0 saturated heterocycles. The van der Waals surface area contributed by atoms with Gasteiger partial charge in [0.05, 0.1) is 12.7 Å². The number of nitrogens with zero attached hydrogens (tertiary/aromatic N) is 2. The van der Waals surface area contributed by atoms with Gasteiger partial charge in [0.25, 0.3) is 0 Å². The SMILES string of the molecule is Nc1cc(SCC(O)CO)nc(C2CC2)n1. The van der Waals surface area contributed by atoms with Crippen molar-refractivity contribution in [2.24, 2.45) is 0 Å². The number of hydrogen-bond acceptors (Lipinski definition) is 6. The molecule has 0 radical (unpaired) electrons. The quantitative estimate of drug-likeness (QED) is 0.510. The number of nitrogen functional groups attached to an aromatic ring is 1. The third kappa shape index (κ3) is 3.07. The lowest BCUT2D eigenvalue weighted by molar-refractivity contribution is 0.113. The van der Waals surface area contributed by atoms with Crippen molar-refractivity contribution >= 4 is 17.6 Å². The summed E-state index contributed by atoms with van der Waals surface area (Å²) in [5.41, 5.74) is 5.69. The Balaban J connectivity index is 2.02. The summed E-state index contributed by atoms with van der Waals surface area (Å²) in [7, 11) is 0. The molecule has 1 aromatic rings. The minimum absolute atomic E-state index is 0.233. The van der Waals surface area contributed by atoms with Gasteiger partial charge in [0, 0.05) is 17.7 Å². The molecule has 1 saturated carbocycles. The van der Waals surface area contributed by atoms with Gasteiger partial charge >= 0.3 is 0 Å². The van der Waals surface area contributed by atoms with Crippen molar-refractivity contribution in [3.05, 3.63) is 11.9 Å². The molecule has 1 unspecified atom stereocenters. The predicted octanol–water partition coefficient (Wildman–Crippen LogP) is 0.382. The molecule has 88 valence electrons. The standard InChI is InChI=1S/C10H15N3O2S/c11-8-3-9(16-5-7(15)4-14)13-10(12-8)6-1-2-6/h3,6-7,14-15H,1-2,4-5H2,(H2,11,12,13). The van der Waals surface area contributed by atoms with Crippen LogP contribution in [0.2, 0.25) is 0 Å². The first-order valence-electron chi connectivity index (χ1n) is 5.25. The molecule has 1 aliphatic rings. The van der Waals surface area contributed by atoms with E-state index in [2.05, 4.69) is 9.97 Å². The van der Waals surface area contributed by atoms with E-state index in [0.29, 0.717) is 17.5 Å². The van der Waals surface area contributed by atoms with E-state index in [1.54, 1.807) is 6.07 Å². The van der Waals surface area contributed by atoms with Gasteiger partial charge in [-0.15, -0.1) is 11.8 Å². The summed E-state index contributed by atoms with van der Waals surface area (Å²) >= 11 is 1.39. The smallest absolute Gasteiger partial charge is 0.135 e. The molecule has 1 heterocycles. The van der Waals surface area contributed by atoms with Crippen molar-refractivity contribution in [1.29, 1.82) is 0 Å². The fourth-order valence-electron chi connectivity index (χ4n) is 1.29. The molecule has 0 aromatic carbocycles. The Hall–Kier alpha value is -0.850. The molecule has 5 nitrogen and oxygen atoms in total. The lowest BCUT2D eigenvalue weighted by atomic mass is 10.4. The number of aliphatic hydroxyl groups excluding tert-OH is 2. The number of nitrogens with two attached hydrogens (primary N) is 1. The molecule has 1 aromatic heterocycles. The number of hydrogen-bond donors (Lipinski definition) is 3. The molecule has 4 N–H and O–H groups in total. The van der Waals surface area contributed by atoms with E-state index in [0.717, 1.165) is 23.7 Å². The van der Waals surface area contributed by atoms with Gasteiger partial charge in [-0.05, 0) is 12.8 Å². The Labute approximate surface area is 98.1 Å². The lowest BCUT2D eigenvalue weighted by Gasteiger charge is -2.07. The van der Waals surface area contributed by atoms with Crippen LogP contribution in [-0.4, -0.2) is 38.6 Å². The third-order valence-electron chi connectivity index (χ3n) is 2.32. The van der Waals surface area contributed by atoms with Gasteiger partial charge in [0.2, 0.25) is 0 Å². The Bertz CT molecular complexity index is 371. The average molecular weight is 241 g/mol. The molecule has 1 fully saturated rings. The molecule has 16 heavy (non-hydrogen) atoms. The van der Waals surface area contributed by atoms with Crippen LogP contribution in [0.25, 0.3) is 0 Å². The summed E-state index contributed by atoms with van der Waals surface area (Å²) in [4.78, 5) is 8.57. The summed E-state index contributed by atoms with van der Waals surface area (Å²) in [6.07, 6.45) is 1.55. The zero-order valence-electron chi connectivity index (χ0n) is 8.83. The fraction of sp³-hybridized carbons (Fsp3) is 0.600. The maximum absolute atomic E-state index is 9.23. The van der Waals surface area contributed by atoms with Crippen LogP contribution < -0.4 is 5.73 Å². The van der Waals surface area contributed by atoms with Gasteiger partial charge in [-0.3, -0.25) is 0 Å². The van der Waals surface area contributed by atoms with E-state index in [-0.39, 0.29) is 6.61 Å². The number of thioether (sulfide) groups is 1.